The molecule has 17 heavy (non-hydrogen) atoms. The van der Waals surface area contributed by atoms with E-state index < -0.39 is 5.41 Å². The van der Waals surface area contributed by atoms with Crippen molar-refractivity contribution in [2.24, 2.45) is 5.41 Å². The minimum absolute atomic E-state index is 0.156. The van der Waals surface area contributed by atoms with Crippen molar-refractivity contribution < 1.29 is 4.79 Å². The van der Waals surface area contributed by atoms with Gasteiger partial charge in [0.15, 0.2) is 0 Å². The van der Waals surface area contributed by atoms with E-state index in [1.54, 1.807) is 36.4 Å². The summed E-state index contributed by atoms with van der Waals surface area (Å²) in [6, 6.07) is 5.65. The van der Waals surface area contributed by atoms with Crippen LogP contribution in [-0.4, -0.2) is 17.4 Å². The molecule has 0 aliphatic heterocycles. The van der Waals surface area contributed by atoms with E-state index in [4.69, 9.17) is 5.26 Å². The Bertz CT molecular complexity index is 424. The first kappa shape index (κ1) is 13.2. The Morgan fingerprint density at radius 2 is 2.06 bits per heavy atom. The number of hydrogen-bond donors (Lipinski definition) is 0. The fraction of sp³-hybridized carbons (Fsp3) is 0.462. The van der Waals surface area contributed by atoms with Crippen LogP contribution < -0.4 is 4.90 Å². The monoisotopic (exact) mass is 231 g/mol. The Kier molecular flexibility index (Phi) is 4.22. The van der Waals surface area contributed by atoms with Crippen molar-refractivity contribution in [1.82, 2.24) is 4.98 Å². The second-order valence-corrected chi connectivity index (χ2v) is 4.05. The largest absolute Gasteiger partial charge is 0.311 e. The number of aromatic nitrogens is 1. The lowest BCUT2D eigenvalue weighted by atomic mass is 9.87. The molecule has 4 nitrogen and oxygen atoms in total. The summed E-state index contributed by atoms with van der Waals surface area (Å²) in [5.41, 5.74) is -0.179. The molecule has 1 aromatic rings. The zero-order chi connectivity index (χ0) is 12.9. The van der Waals surface area contributed by atoms with Gasteiger partial charge in [0.2, 0.25) is 5.91 Å². The molecule has 0 saturated carbocycles. The first-order valence-corrected chi connectivity index (χ1v) is 5.72. The van der Waals surface area contributed by atoms with Crippen LogP contribution in [0.3, 0.4) is 0 Å². The second kappa shape index (κ2) is 5.44. The van der Waals surface area contributed by atoms with E-state index in [2.05, 4.69) is 11.1 Å². The third-order valence-corrected chi connectivity index (χ3v) is 2.96. The maximum atomic E-state index is 12.3. The number of carbonyl (C=O) groups is 1. The van der Waals surface area contributed by atoms with Crippen LogP contribution in [0.1, 0.15) is 27.2 Å². The Balaban J connectivity index is 3.05. The second-order valence-electron chi connectivity index (χ2n) is 4.05. The summed E-state index contributed by atoms with van der Waals surface area (Å²) < 4.78 is 0. The van der Waals surface area contributed by atoms with E-state index in [1.165, 1.54) is 0 Å². The van der Waals surface area contributed by atoms with E-state index in [0.717, 1.165) is 5.69 Å². The molecular weight excluding hydrogens is 214 g/mol. The van der Waals surface area contributed by atoms with E-state index in [-0.39, 0.29) is 5.91 Å². The molecule has 0 fully saturated rings. The minimum Gasteiger partial charge on any atom is -0.311 e. The highest BCUT2D eigenvalue weighted by Gasteiger charge is 2.35. The lowest BCUT2D eigenvalue weighted by molar-refractivity contribution is -0.124. The predicted octanol–water partition coefficient (Wildman–Crippen LogP) is 2.37. The SMILES string of the molecule is CCN(C(=O)C(C)(C#N)CC)c1ccncc1. The zero-order valence-electron chi connectivity index (χ0n) is 10.5. The van der Waals surface area contributed by atoms with Crippen LogP contribution in [0.15, 0.2) is 24.5 Å². The number of nitrogens with zero attached hydrogens (tertiary/aromatic N) is 3. The molecule has 1 amide bonds. The lowest BCUT2D eigenvalue weighted by Gasteiger charge is -2.28. The summed E-state index contributed by atoms with van der Waals surface area (Å²) in [7, 11) is 0. The van der Waals surface area contributed by atoms with E-state index in [0.29, 0.717) is 13.0 Å². The molecule has 1 unspecified atom stereocenters. The van der Waals surface area contributed by atoms with Gasteiger partial charge in [-0.05, 0) is 32.4 Å². The molecule has 0 bridgehead atoms. The van der Waals surface area contributed by atoms with Gasteiger partial charge in [0.1, 0.15) is 5.41 Å². The average Bonchev–Trinajstić information content (AvgIpc) is 2.39. The van der Waals surface area contributed by atoms with Crippen LogP contribution in [0, 0.1) is 16.7 Å². The molecule has 0 N–H and O–H groups in total. The van der Waals surface area contributed by atoms with E-state index >= 15 is 0 Å². The van der Waals surface area contributed by atoms with Crippen molar-refractivity contribution >= 4 is 11.6 Å². The van der Waals surface area contributed by atoms with Crippen molar-refractivity contribution in [3.8, 4) is 6.07 Å². The molecule has 0 radical (unpaired) electrons. The Hall–Kier alpha value is -1.89. The quantitative estimate of drug-likeness (QED) is 0.799. The number of rotatable bonds is 4. The van der Waals surface area contributed by atoms with Gasteiger partial charge in [-0.2, -0.15) is 5.26 Å². The van der Waals surface area contributed by atoms with Gasteiger partial charge in [-0.25, -0.2) is 0 Å². The molecule has 0 aliphatic carbocycles. The van der Waals surface area contributed by atoms with Crippen molar-refractivity contribution in [3.63, 3.8) is 0 Å². The molecule has 1 atom stereocenters. The molecular formula is C13H17N3O. The summed E-state index contributed by atoms with van der Waals surface area (Å²) in [6.45, 7) is 5.96. The fourth-order valence-corrected chi connectivity index (χ4v) is 1.54. The summed E-state index contributed by atoms with van der Waals surface area (Å²) in [6.07, 6.45) is 3.78. The summed E-state index contributed by atoms with van der Waals surface area (Å²) in [5, 5.41) is 9.14. The molecule has 1 aromatic heterocycles. The molecule has 0 saturated heterocycles. The van der Waals surface area contributed by atoms with Gasteiger partial charge in [-0.1, -0.05) is 6.92 Å². The maximum absolute atomic E-state index is 12.3. The highest BCUT2D eigenvalue weighted by molar-refractivity contribution is 5.98. The highest BCUT2D eigenvalue weighted by Crippen LogP contribution is 2.26. The topological polar surface area (TPSA) is 57.0 Å². The van der Waals surface area contributed by atoms with E-state index in [9.17, 15) is 4.79 Å². The smallest absolute Gasteiger partial charge is 0.247 e. The van der Waals surface area contributed by atoms with Crippen molar-refractivity contribution in [2.75, 3.05) is 11.4 Å². The predicted molar refractivity (Wildman–Crippen MR) is 66.3 cm³/mol. The van der Waals surface area contributed by atoms with Gasteiger partial charge in [-0.15, -0.1) is 0 Å². The lowest BCUT2D eigenvalue weighted by Crippen LogP contribution is -2.41. The van der Waals surface area contributed by atoms with Gasteiger partial charge in [0.05, 0.1) is 6.07 Å². The third kappa shape index (κ3) is 2.62. The number of anilines is 1. The summed E-state index contributed by atoms with van der Waals surface area (Å²) in [4.78, 5) is 17.9. The maximum Gasteiger partial charge on any atom is 0.247 e. The molecule has 0 spiro atoms. The first-order valence-electron chi connectivity index (χ1n) is 5.72. The number of amides is 1. The standard InChI is InChI=1S/C13H17N3O/c1-4-13(3,10-14)12(17)16(5-2)11-6-8-15-9-7-11/h6-9H,4-5H2,1-3H3. The Morgan fingerprint density at radius 1 is 1.47 bits per heavy atom. The number of nitriles is 1. The first-order chi connectivity index (χ1) is 8.09. The average molecular weight is 231 g/mol. The van der Waals surface area contributed by atoms with Crippen LogP contribution >= 0.6 is 0 Å². The van der Waals surface area contributed by atoms with E-state index in [1.807, 2.05) is 13.8 Å². The van der Waals surface area contributed by atoms with Crippen molar-refractivity contribution in [2.45, 2.75) is 27.2 Å². The van der Waals surface area contributed by atoms with Gasteiger partial charge in [0, 0.05) is 24.6 Å². The van der Waals surface area contributed by atoms with Crippen LogP contribution in [0.2, 0.25) is 0 Å². The minimum atomic E-state index is -0.959. The Labute approximate surface area is 102 Å². The number of pyridine rings is 1. The van der Waals surface area contributed by atoms with Crippen LogP contribution in [0.25, 0.3) is 0 Å². The molecule has 1 heterocycles. The van der Waals surface area contributed by atoms with Crippen LogP contribution in [-0.2, 0) is 4.79 Å². The van der Waals surface area contributed by atoms with Gasteiger partial charge >= 0.3 is 0 Å². The number of carbonyl (C=O) groups excluding carboxylic acids is 1. The summed E-state index contributed by atoms with van der Waals surface area (Å²) in [5.74, 6) is -0.156. The van der Waals surface area contributed by atoms with Gasteiger partial charge < -0.3 is 4.90 Å². The van der Waals surface area contributed by atoms with Gasteiger partial charge in [-0.3, -0.25) is 9.78 Å². The highest BCUT2D eigenvalue weighted by atomic mass is 16.2. The number of hydrogen-bond acceptors (Lipinski definition) is 3. The summed E-state index contributed by atoms with van der Waals surface area (Å²) >= 11 is 0. The molecule has 90 valence electrons. The molecule has 0 aromatic carbocycles. The van der Waals surface area contributed by atoms with Crippen LogP contribution in [0.4, 0.5) is 5.69 Å². The van der Waals surface area contributed by atoms with Gasteiger partial charge in [0.25, 0.3) is 0 Å². The molecule has 4 heteroatoms. The Morgan fingerprint density at radius 3 is 2.47 bits per heavy atom. The van der Waals surface area contributed by atoms with Crippen LogP contribution in [0.5, 0.6) is 0 Å². The molecule has 0 aliphatic rings. The van der Waals surface area contributed by atoms with Crippen molar-refractivity contribution in [3.05, 3.63) is 24.5 Å². The van der Waals surface area contributed by atoms with Crippen molar-refractivity contribution in [1.29, 1.82) is 5.26 Å². The normalized spacial score (nSPS) is 13.5. The molecule has 1 rings (SSSR count). The zero-order valence-corrected chi connectivity index (χ0v) is 10.5. The fourth-order valence-electron chi connectivity index (χ4n) is 1.54. The third-order valence-electron chi connectivity index (χ3n) is 2.96.